The number of likely N-dealkylation sites (N-methyl/N-ethyl adjacent to an activating group) is 1. The van der Waals surface area contributed by atoms with Crippen LogP contribution in [0.4, 0.5) is 0 Å². The van der Waals surface area contributed by atoms with Gasteiger partial charge in [0.1, 0.15) is 12.4 Å². The minimum absolute atomic E-state index is 0.204. The van der Waals surface area contributed by atoms with Crippen LogP contribution in [0, 0.1) is 20.8 Å². The fraction of sp³-hybridized carbons (Fsp3) is 0.333. The zero-order valence-electron chi connectivity index (χ0n) is 12.7. The Kier molecular flexibility index (Phi) is 4.80. The normalized spacial score (nSPS) is 12.2. The summed E-state index contributed by atoms with van der Waals surface area (Å²) in [4.78, 5) is 0. The molecule has 2 heteroatoms. The Morgan fingerprint density at radius 3 is 2.35 bits per heavy atom. The zero-order valence-corrected chi connectivity index (χ0v) is 12.7. The fourth-order valence-electron chi connectivity index (χ4n) is 2.20. The largest absolute Gasteiger partial charge is 0.491 e. The maximum atomic E-state index is 5.99. The summed E-state index contributed by atoms with van der Waals surface area (Å²) in [6, 6.07) is 15.0. The Morgan fingerprint density at radius 1 is 1.00 bits per heavy atom. The van der Waals surface area contributed by atoms with Crippen LogP contribution < -0.4 is 10.1 Å². The second-order valence-electron chi connectivity index (χ2n) is 5.26. The number of aryl methyl sites for hydroxylation is 2. The summed E-state index contributed by atoms with van der Waals surface area (Å²) >= 11 is 0. The van der Waals surface area contributed by atoms with E-state index in [9.17, 15) is 0 Å². The first-order chi connectivity index (χ1) is 9.61. The molecule has 2 aromatic carbocycles. The van der Waals surface area contributed by atoms with Crippen LogP contribution in [0.1, 0.15) is 28.3 Å². The van der Waals surface area contributed by atoms with Gasteiger partial charge in [-0.05, 0) is 50.6 Å². The minimum atomic E-state index is 0.204. The van der Waals surface area contributed by atoms with Gasteiger partial charge in [-0.1, -0.05) is 42.0 Å². The highest BCUT2D eigenvalue weighted by Crippen LogP contribution is 2.22. The van der Waals surface area contributed by atoms with Gasteiger partial charge in [0.15, 0.2) is 0 Å². The van der Waals surface area contributed by atoms with Crippen LogP contribution in [-0.4, -0.2) is 13.7 Å². The maximum absolute atomic E-state index is 5.99. The molecule has 0 fully saturated rings. The van der Waals surface area contributed by atoms with Gasteiger partial charge >= 0.3 is 0 Å². The Hall–Kier alpha value is -1.80. The lowest BCUT2D eigenvalue weighted by Crippen LogP contribution is -2.23. The van der Waals surface area contributed by atoms with E-state index >= 15 is 0 Å². The van der Waals surface area contributed by atoms with Crippen LogP contribution in [-0.2, 0) is 0 Å². The second kappa shape index (κ2) is 6.58. The SMILES string of the molecule is CNC(COc1cccc(C)c1C)c1ccc(C)cc1. The predicted molar refractivity (Wildman–Crippen MR) is 84.4 cm³/mol. The number of ether oxygens (including phenoxy) is 1. The molecular weight excluding hydrogens is 246 g/mol. The molecule has 0 radical (unpaired) electrons. The van der Waals surface area contributed by atoms with E-state index in [0.717, 1.165) is 5.75 Å². The Balaban J connectivity index is 2.07. The highest BCUT2D eigenvalue weighted by atomic mass is 16.5. The van der Waals surface area contributed by atoms with Gasteiger partial charge in [-0.15, -0.1) is 0 Å². The summed E-state index contributed by atoms with van der Waals surface area (Å²) in [5, 5.41) is 3.32. The van der Waals surface area contributed by atoms with Gasteiger partial charge < -0.3 is 10.1 Å². The third-order valence-electron chi connectivity index (χ3n) is 3.79. The van der Waals surface area contributed by atoms with Gasteiger partial charge in [-0.3, -0.25) is 0 Å². The van der Waals surface area contributed by atoms with Crippen LogP contribution in [0.2, 0.25) is 0 Å². The van der Waals surface area contributed by atoms with Gasteiger partial charge in [-0.25, -0.2) is 0 Å². The molecule has 20 heavy (non-hydrogen) atoms. The van der Waals surface area contributed by atoms with E-state index in [1.165, 1.54) is 22.3 Å². The number of hydrogen-bond acceptors (Lipinski definition) is 2. The number of rotatable bonds is 5. The van der Waals surface area contributed by atoms with Crippen molar-refractivity contribution in [3.05, 3.63) is 64.7 Å². The molecular formula is C18H23NO. The highest BCUT2D eigenvalue weighted by molar-refractivity contribution is 5.38. The molecule has 2 rings (SSSR count). The van der Waals surface area contributed by atoms with Crippen LogP contribution in [0.5, 0.6) is 5.75 Å². The van der Waals surface area contributed by atoms with Crippen LogP contribution in [0.15, 0.2) is 42.5 Å². The smallest absolute Gasteiger partial charge is 0.122 e. The van der Waals surface area contributed by atoms with Gasteiger partial charge in [0, 0.05) is 0 Å². The number of nitrogens with one attached hydrogen (secondary N) is 1. The number of hydrogen-bond donors (Lipinski definition) is 1. The lowest BCUT2D eigenvalue weighted by molar-refractivity contribution is 0.271. The highest BCUT2D eigenvalue weighted by Gasteiger charge is 2.11. The van der Waals surface area contributed by atoms with Crippen molar-refractivity contribution >= 4 is 0 Å². The van der Waals surface area contributed by atoms with Gasteiger partial charge in [-0.2, -0.15) is 0 Å². The predicted octanol–water partition coefficient (Wildman–Crippen LogP) is 3.95. The van der Waals surface area contributed by atoms with E-state index in [2.05, 4.69) is 56.4 Å². The van der Waals surface area contributed by atoms with E-state index in [1.807, 2.05) is 19.2 Å². The van der Waals surface area contributed by atoms with Gasteiger partial charge in [0.05, 0.1) is 6.04 Å². The zero-order chi connectivity index (χ0) is 14.5. The third-order valence-corrected chi connectivity index (χ3v) is 3.79. The van der Waals surface area contributed by atoms with Crippen molar-refractivity contribution in [2.75, 3.05) is 13.7 Å². The molecule has 106 valence electrons. The van der Waals surface area contributed by atoms with Crippen molar-refractivity contribution in [1.82, 2.24) is 5.32 Å². The lowest BCUT2D eigenvalue weighted by Gasteiger charge is -2.19. The molecule has 1 N–H and O–H groups in total. The molecule has 0 aliphatic carbocycles. The quantitative estimate of drug-likeness (QED) is 0.887. The number of benzene rings is 2. The van der Waals surface area contributed by atoms with Crippen molar-refractivity contribution in [3.8, 4) is 5.75 Å². The average molecular weight is 269 g/mol. The van der Waals surface area contributed by atoms with Crippen LogP contribution in [0.3, 0.4) is 0 Å². The fourth-order valence-corrected chi connectivity index (χ4v) is 2.20. The summed E-state index contributed by atoms with van der Waals surface area (Å²) in [6.07, 6.45) is 0. The summed E-state index contributed by atoms with van der Waals surface area (Å²) in [6.45, 7) is 6.94. The van der Waals surface area contributed by atoms with Crippen LogP contribution >= 0.6 is 0 Å². The monoisotopic (exact) mass is 269 g/mol. The molecule has 1 unspecified atom stereocenters. The molecule has 0 aromatic heterocycles. The van der Waals surface area contributed by atoms with Gasteiger partial charge in [0.2, 0.25) is 0 Å². The minimum Gasteiger partial charge on any atom is -0.491 e. The first kappa shape index (κ1) is 14.6. The van der Waals surface area contributed by atoms with E-state index in [0.29, 0.717) is 6.61 Å². The summed E-state index contributed by atoms with van der Waals surface area (Å²) < 4.78 is 5.99. The van der Waals surface area contributed by atoms with Crippen molar-refractivity contribution in [1.29, 1.82) is 0 Å². The van der Waals surface area contributed by atoms with Crippen molar-refractivity contribution in [2.45, 2.75) is 26.8 Å². The summed E-state index contributed by atoms with van der Waals surface area (Å²) in [5.41, 5.74) is 5.01. The Bertz CT molecular complexity index is 560. The molecule has 0 spiro atoms. The second-order valence-corrected chi connectivity index (χ2v) is 5.26. The van der Waals surface area contributed by atoms with E-state index in [1.54, 1.807) is 0 Å². The molecule has 0 aliphatic heterocycles. The molecule has 0 amide bonds. The van der Waals surface area contributed by atoms with E-state index in [-0.39, 0.29) is 6.04 Å². The van der Waals surface area contributed by atoms with Crippen molar-refractivity contribution in [3.63, 3.8) is 0 Å². The summed E-state index contributed by atoms with van der Waals surface area (Å²) in [5.74, 6) is 0.970. The Labute approximate surface area is 121 Å². The third kappa shape index (κ3) is 3.40. The molecule has 2 aromatic rings. The maximum Gasteiger partial charge on any atom is 0.122 e. The molecule has 0 heterocycles. The first-order valence-electron chi connectivity index (χ1n) is 7.04. The van der Waals surface area contributed by atoms with Gasteiger partial charge in [0.25, 0.3) is 0 Å². The molecule has 0 aliphatic rings. The van der Waals surface area contributed by atoms with Crippen LogP contribution in [0.25, 0.3) is 0 Å². The van der Waals surface area contributed by atoms with Crippen molar-refractivity contribution in [2.24, 2.45) is 0 Å². The first-order valence-corrected chi connectivity index (χ1v) is 7.04. The molecule has 0 saturated heterocycles. The molecule has 0 bridgehead atoms. The van der Waals surface area contributed by atoms with E-state index in [4.69, 9.17) is 4.74 Å². The topological polar surface area (TPSA) is 21.3 Å². The Morgan fingerprint density at radius 2 is 1.70 bits per heavy atom. The lowest BCUT2D eigenvalue weighted by atomic mass is 10.1. The molecule has 1 atom stereocenters. The van der Waals surface area contributed by atoms with Crippen molar-refractivity contribution < 1.29 is 4.74 Å². The molecule has 0 saturated carbocycles. The molecule has 2 nitrogen and oxygen atoms in total. The standard InChI is InChI=1S/C18H23NO/c1-13-8-10-16(11-9-13)17(19-4)12-20-18-7-5-6-14(2)15(18)3/h5-11,17,19H,12H2,1-4H3. The summed E-state index contributed by atoms with van der Waals surface area (Å²) in [7, 11) is 1.97. The van der Waals surface area contributed by atoms with E-state index < -0.39 is 0 Å². The average Bonchev–Trinajstić information content (AvgIpc) is 2.45.